The molecule has 0 saturated carbocycles. The van der Waals surface area contributed by atoms with Crippen LogP contribution in [0, 0.1) is 0 Å². The van der Waals surface area contributed by atoms with Gasteiger partial charge in [-0.2, -0.15) is 0 Å². The molecule has 0 amide bonds. The van der Waals surface area contributed by atoms with Crippen LogP contribution in [0.25, 0.3) is 101 Å². The molecule has 0 bridgehead atoms. The van der Waals surface area contributed by atoms with E-state index >= 15 is 0 Å². The van der Waals surface area contributed by atoms with E-state index in [9.17, 15) is 0 Å². The summed E-state index contributed by atoms with van der Waals surface area (Å²) in [6, 6.07) is 68.8. The van der Waals surface area contributed by atoms with Crippen molar-refractivity contribution >= 4 is 21.7 Å². The molecule has 0 unspecified atom stereocenters. The van der Waals surface area contributed by atoms with Gasteiger partial charge in [-0.25, -0.2) is 15.0 Å². The van der Waals surface area contributed by atoms with Crippen molar-refractivity contribution < 1.29 is 4.42 Å². The fourth-order valence-electron chi connectivity index (χ4n) is 7.40. The van der Waals surface area contributed by atoms with Gasteiger partial charge in [-0.3, -0.25) is 0 Å². The van der Waals surface area contributed by atoms with Gasteiger partial charge in [0.1, 0.15) is 11.5 Å². The average Bonchev–Trinajstić information content (AvgIpc) is 3.68. The quantitative estimate of drug-likeness (QED) is 0.166. The van der Waals surface area contributed by atoms with Crippen LogP contribution in [0.15, 0.2) is 205 Å². The SMILES string of the molecule is c1ccc(-c2cc(-c3ccc(-c4ccc5c(c4)nc(-c4ccccc4)c4c(-c6ccccc6)oc(-c6ccccc6)c45)cc3)nc(-c3ccccc3)n2)cc1. The summed E-state index contributed by atoms with van der Waals surface area (Å²) in [7, 11) is 0. The Kier molecular flexibility index (Phi) is 8.12. The van der Waals surface area contributed by atoms with Crippen molar-refractivity contribution in [3.63, 3.8) is 0 Å². The molecule has 258 valence electrons. The lowest BCUT2D eigenvalue weighted by molar-refractivity contribution is 0.602. The van der Waals surface area contributed by atoms with E-state index in [-0.39, 0.29) is 0 Å². The normalized spacial score (nSPS) is 11.3. The molecule has 0 aliphatic carbocycles. The smallest absolute Gasteiger partial charge is 0.160 e. The number of pyridine rings is 1. The highest BCUT2D eigenvalue weighted by atomic mass is 16.3. The number of fused-ring (bicyclic) bond motifs is 3. The highest BCUT2D eigenvalue weighted by Gasteiger charge is 2.24. The second-order valence-corrected chi connectivity index (χ2v) is 13.6. The van der Waals surface area contributed by atoms with Gasteiger partial charge in [0.25, 0.3) is 0 Å². The highest BCUT2D eigenvalue weighted by molar-refractivity contribution is 6.20. The van der Waals surface area contributed by atoms with Crippen LogP contribution in [0.1, 0.15) is 0 Å². The van der Waals surface area contributed by atoms with Crippen LogP contribution in [0.5, 0.6) is 0 Å². The summed E-state index contributed by atoms with van der Waals surface area (Å²) in [6.45, 7) is 0. The van der Waals surface area contributed by atoms with Gasteiger partial charge in [0.2, 0.25) is 0 Å². The Bertz CT molecular complexity index is 2870. The van der Waals surface area contributed by atoms with Crippen molar-refractivity contribution in [2.75, 3.05) is 0 Å². The molecule has 7 aromatic carbocycles. The Balaban J connectivity index is 1.12. The van der Waals surface area contributed by atoms with Crippen molar-refractivity contribution in [3.05, 3.63) is 200 Å². The number of nitrogens with zero attached hydrogens (tertiary/aromatic N) is 3. The average molecular weight is 704 g/mol. The number of rotatable bonds is 7. The first kappa shape index (κ1) is 32.2. The van der Waals surface area contributed by atoms with Gasteiger partial charge >= 0.3 is 0 Å². The van der Waals surface area contributed by atoms with Gasteiger partial charge in [0.05, 0.1) is 28.0 Å². The first-order valence-corrected chi connectivity index (χ1v) is 18.4. The molecule has 0 aliphatic rings. The van der Waals surface area contributed by atoms with Crippen LogP contribution in [-0.2, 0) is 0 Å². The third-order valence-electron chi connectivity index (χ3n) is 10.1. The fraction of sp³-hybridized carbons (Fsp3) is 0. The molecule has 0 aliphatic heterocycles. The second-order valence-electron chi connectivity index (χ2n) is 13.6. The van der Waals surface area contributed by atoms with Gasteiger partial charge in [0, 0.05) is 44.2 Å². The first-order valence-electron chi connectivity index (χ1n) is 18.4. The lowest BCUT2D eigenvalue weighted by atomic mass is 9.95. The Hall–Kier alpha value is -7.43. The maximum atomic E-state index is 6.90. The van der Waals surface area contributed by atoms with Crippen LogP contribution >= 0.6 is 0 Å². The second kappa shape index (κ2) is 13.8. The third-order valence-corrected chi connectivity index (χ3v) is 10.1. The molecule has 0 spiro atoms. The molecule has 3 aromatic heterocycles. The number of hydrogen-bond donors (Lipinski definition) is 0. The Morgan fingerprint density at radius 2 is 0.745 bits per heavy atom. The van der Waals surface area contributed by atoms with Gasteiger partial charge < -0.3 is 4.42 Å². The Morgan fingerprint density at radius 3 is 1.31 bits per heavy atom. The van der Waals surface area contributed by atoms with E-state index in [1.165, 1.54) is 0 Å². The van der Waals surface area contributed by atoms with E-state index in [0.29, 0.717) is 5.82 Å². The Morgan fingerprint density at radius 1 is 0.309 bits per heavy atom. The van der Waals surface area contributed by atoms with Crippen molar-refractivity contribution in [1.29, 1.82) is 0 Å². The van der Waals surface area contributed by atoms with Gasteiger partial charge in [-0.05, 0) is 23.3 Å². The van der Waals surface area contributed by atoms with E-state index in [0.717, 1.165) is 94.8 Å². The molecule has 4 nitrogen and oxygen atoms in total. The minimum atomic E-state index is 0.701. The van der Waals surface area contributed by atoms with Crippen molar-refractivity contribution in [2.24, 2.45) is 0 Å². The zero-order valence-electron chi connectivity index (χ0n) is 29.8. The molecular weight excluding hydrogens is 671 g/mol. The molecule has 0 fully saturated rings. The minimum absolute atomic E-state index is 0.701. The molecule has 0 atom stereocenters. The van der Waals surface area contributed by atoms with E-state index in [2.05, 4.69) is 146 Å². The number of aromatic nitrogens is 3. The zero-order chi connectivity index (χ0) is 36.6. The minimum Gasteiger partial charge on any atom is -0.455 e. The summed E-state index contributed by atoms with van der Waals surface area (Å²) >= 11 is 0. The summed E-state index contributed by atoms with van der Waals surface area (Å²) in [4.78, 5) is 15.4. The monoisotopic (exact) mass is 703 g/mol. The maximum Gasteiger partial charge on any atom is 0.160 e. The van der Waals surface area contributed by atoms with E-state index in [1.54, 1.807) is 0 Å². The lowest BCUT2D eigenvalue weighted by Crippen LogP contribution is -1.95. The van der Waals surface area contributed by atoms with Gasteiger partial charge in [-0.15, -0.1) is 0 Å². The summed E-state index contributed by atoms with van der Waals surface area (Å²) in [5, 5.41) is 3.11. The molecule has 0 saturated heterocycles. The van der Waals surface area contributed by atoms with Crippen LogP contribution in [0.3, 0.4) is 0 Å². The molecule has 55 heavy (non-hydrogen) atoms. The summed E-state index contributed by atoms with van der Waals surface area (Å²) in [6.07, 6.45) is 0. The zero-order valence-corrected chi connectivity index (χ0v) is 29.8. The van der Waals surface area contributed by atoms with Crippen LogP contribution < -0.4 is 0 Å². The lowest BCUT2D eigenvalue weighted by Gasteiger charge is -2.12. The first-order chi connectivity index (χ1) is 27.3. The fourth-order valence-corrected chi connectivity index (χ4v) is 7.40. The highest BCUT2D eigenvalue weighted by Crippen LogP contribution is 2.46. The van der Waals surface area contributed by atoms with E-state index in [4.69, 9.17) is 19.4 Å². The summed E-state index contributed by atoms with van der Waals surface area (Å²) < 4.78 is 6.90. The Labute approximate surface area is 319 Å². The summed E-state index contributed by atoms with van der Waals surface area (Å²) in [5.41, 5.74) is 11.9. The van der Waals surface area contributed by atoms with Crippen molar-refractivity contribution in [3.8, 4) is 78.9 Å². The maximum absolute atomic E-state index is 6.90. The van der Waals surface area contributed by atoms with Crippen LogP contribution in [0.2, 0.25) is 0 Å². The van der Waals surface area contributed by atoms with E-state index in [1.807, 2.05) is 54.6 Å². The molecule has 10 aromatic rings. The topological polar surface area (TPSA) is 51.8 Å². The molecule has 4 heteroatoms. The molecule has 3 heterocycles. The van der Waals surface area contributed by atoms with Gasteiger partial charge in [-0.1, -0.05) is 188 Å². The van der Waals surface area contributed by atoms with Crippen molar-refractivity contribution in [2.45, 2.75) is 0 Å². The van der Waals surface area contributed by atoms with Crippen molar-refractivity contribution in [1.82, 2.24) is 15.0 Å². The number of benzene rings is 7. The summed E-state index contributed by atoms with van der Waals surface area (Å²) in [5.74, 6) is 2.36. The van der Waals surface area contributed by atoms with Gasteiger partial charge in [0.15, 0.2) is 5.82 Å². The predicted molar refractivity (Wildman–Crippen MR) is 225 cm³/mol. The standard InChI is InChI=1S/C51H33N3O/c1-6-16-35(17-7-1)43-33-44(54-51(53-43)40-24-14-5-15-25-40)36-28-26-34(27-29-36)41-30-31-42-45(32-41)52-48(37-18-8-2-9-19-37)47-46(42)49(38-20-10-3-11-21-38)55-50(47)39-22-12-4-13-23-39/h1-33H. The van der Waals surface area contributed by atoms with Crippen LogP contribution in [-0.4, -0.2) is 15.0 Å². The molecule has 0 radical (unpaired) electrons. The number of furan rings is 1. The third kappa shape index (κ3) is 6.06. The molecule has 0 N–H and O–H groups in total. The number of hydrogen-bond acceptors (Lipinski definition) is 4. The van der Waals surface area contributed by atoms with E-state index < -0.39 is 0 Å². The predicted octanol–water partition coefficient (Wildman–Crippen LogP) is 13.4. The largest absolute Gasteiger partial charge is 0.455 e. The van der Waals surface area contributed by atoms with Crippen LogP contribution in [0.4, 0.5) is 0 Å². The molecule has 10 rings (SSSR count). The molecular formula is C51H33N3O.